The SMILES string of the molecule is COc1ccc(Cl)cc1C1(F)C(=O)N(COC(=O)C(CC(=O)O)C(=O)OC(Cc2ccccc2)c2ccccc2)c2cc(C(F)(F)F)ccc21. The van der Waals surface area contributed by atoms with Gasteiger partial charge in [-0.05, 0) is 41.5 Å². The molecule has 9 nitrogen and oxygen atoms in total. The van der Waals surface area contributed by atoms with Crippen LogP contribution in [0.15, 0.2) is 97.1 Å². The fourth-order valence-electron chi connectivity index (χ4n) is 5.58. The lowest BCUT2D eigenvalue weighted by molar-refractivity contribution is -0.169. The highest BCUT2D eigenvalue weighted by Crippen LogP contribution is 2.51. The van der Waals surface area contributed by atoms with E-state index in [4.69, 9.17) is 25.8 Å². The van der Waals surface area contributed by atoms with Gasteiger partial charge in [-0.15, -0.1) is 0 Å². The molecule has 0 fully saturated rings. The van der Waals surface area contributed by atoms with Gasteiger partial charge in [0.25, 0.3) is 5.91 Å². The van der Waals surface area contributed by atoms with E-state index in [-0.39, 0.29) is 17.2 Å². The molecule has 260 valence electrons. The number of benzene rings is 4. The van der Waals surface area contributed by atoms with Crippen molar-refractivity contribution >= 4 is 41.1 Å². The standard InChI is InChI=1S/C36H28ClF4NO8/c1-48-29-15-13-24(37)18-27(29)35(38)26-14-12-23(36(39,40)41)17-28(26)42(34(35)47)20-49-32(45)25(19-31(43)44)33(46)50-30(22-10-6-3-7-11-22)16-21-8-4-2-5-9-21/h2-15,17-18,25,30H,16,19-20H2,1H3,(H,43,44). The Balaban J connectivity index is 1.44. The molecule has 3 unspecified atom stereocenters. The van der Waals surface area contributed by atoms with Crippen LogP contribution in [-0.4, -0.2) is 42.8 Å². The zero-order valence-electron chi connectivity index (χ0n) is 26.2. The number of hydrogen-bond acceptors (Lipinski definition) is 7. The van der Waals surface area contributed by atoms with Crippen molar-refractivity contribution < 1.29 is 56.1 Å². The third kappa shape index (κ3) is 7.42. The summed E-state index contributed by atoms with van der Waals surface area (Å²) in [7, 11) is 1.19. The molecule has 4 aromatic rings. The molecule has 4 aromatic carbocycles. The van der Waals surface area contributed by atoms with Crippen LogP contribution in [0.5, 0.6) is 5.75 Å². The molecule has 1 amide bonds. The van der Waals surface area contributed by atoms with Crippen LogP contribution in [0.1, 0.15) is 40.3 Å². The second kappa shape index (κ2) is 14.6. The molecule has 1 N–H and O–H groups in total. The molecular weight excluding hydrogens is 686 g/mol. The summed E-state index contributed by atoms with van der Waals surface area (Å²) in [6.45, 7) is -1.18. The van der Waals surface area contributed by atoms with Crippen LogP contribution in [0.4, 0.5) is 23.2 Å². The molecule has 0 aromatic heterocycles. The van der Waals surface area contributed by atoms with Gasteiger partial charge in [0.1, 0.15) is 11.9 Å². The Kier molecular flexibility index (Phi) is 10.5. The number of ether oxygens (including phenoxy) is 3. The van der Waals surface area contributed by atoms with Crippen LogP contribution in [0.25, 0.3) is 0 Å². The first kappa shape index (κ1) is 35.9. The van der Waals surface area contributed by atoms with Crippen molar-refractivity contribution in [1.29, 1.82) is 0 Å². The Morgan fingerprint density at radius 3 is 2.18 bits per heavy atom. The van der Waals surface area contributed by atoms with Crippen molar-refractivity contribution in [1.82, 2.24) is 0 Å². The average molecular weight is 714 g/mol. The van der Waals surface area contributed by atoms with Gasteiger partial charge in [0.05, 0.1) is 24.8 Å². The molecule has 14 heteroatoms. The first-order chi connectivity index (χ1) is 23.7. The maximum absolute atomic E-state index is 17.1. The van der Waals surface area contributed by atoms with E-state index in [1.807, 2.05) is 0 Å². The van der Waals surface area contributed by atoms with Crippen LogP contribution in [0.3, 0.4) is 0 Å². The summed E-state index contributed by atoms with van der Waals surface area (Å²) in [5, 5.41) is 9.52. The molecule has 1 heterocycles. The Morgan fingerprint density at radius 1 is 0.900 bits per heavy atom. The summed E-state index contributed by atoms with van der Waals surface area (Å²) < 4.78 is 74.3. The van der Waals surface area contributed by atoms with Crippen molar-refractivity contribution in [3.05, 3.63) is 130 Å². The molecule has 0 aliphatic carbocycles. The van der Waals surface area contributed by atoms with Gasteiger partial charge in [0.15, 0.2) is 12.6 Å². The highest BCUT2D eigenvalue weighted by molar-refractivity contribution is 6.30. The number of anilines is 1. The number of hydrogen-bond donors (Lipinski definition) is 1. The zero-order chi connectivity index (χ0) is 36.2. The number of halogens is 5. The summed E-state index contributed by atoms with van der Waals surface area (Å²) in [6.07, 6.45) is -6.78. The lowest BCUT2D eigenvalue weighted by atomic mass is 9.88. The van der Waals surface area contributed by atoms with Gasteiger partial charge < -0.3 is 19.3 Å². The van der Waals surface area contributed by atoms with Crippen LogP contribution < -0.4 is 9.64 Å². The van der Waals surface area contributed by atoms with E-state index in [1.165, 1.54) is 19.2 Å². The second-order valence-electron chi connectivity index (χ2n) is 11.2. The van der Waals surface area contributed by atoms with Crippen molar-refractivity contribution in [2.45, 2.75) is 30.8 Å². The maximum atomic E-state index is 17.1. The van der Waals surface area contributed by atoms with E-state index in [9.17, 15) is 37.5 Å². The quantitative estimate of drug-likeness (QED) is 0.0943. The lowest BCUT2D eigenvalue weighted by Crippen LogP contribution is -2.41. The topological polar surface area (TPSA) is 119 Å². The first-order valence-electron chi connectivity index (χ1n) is 15.0. The summed E-state index contributed by atoms with van der Waals surface area (Å²) >= 11 is 6.08. The molecule has 5 rings (SSSR count). The number of amides is 1. The molecule has 1 aliphatic rings. The largest absolute Gasteiger partial charge is 0.496 e. The lowest BCUT2D eigenvalue weighted by Gasteiger charge is -2.24. The Labute approximate surface area is 287 Å². The Bertz CT molecular complexity index is 1910. The van der Waals surface area contributed by atoms with Gasteiger partial charge in [-0.2, -0.15) is 13.2 Å². The molecule has 0 bridgehead atoms. The van der Waals surface area contributed by atoms with Gasteiger partial charge in [-0.3, -0.25) is 24.1 Å². The first-order valence-corrected chi connectivity index (χ1v) is 15.4. The maximum Gasteiger partial charge on any atom is 0.416 e. The van der Waals surface area contributed by atoms with Gasteiger partial charge in [-0.25, -0.2) is 4.39 Å². The van der Waals surface area contributed by atoms with Crippen molar-refractivity contribution in [3.8, 4) is 5.75 Å². The minimum atomic E-state index is -4.90. The van der Waals surface area contributed by atoms with Crippen molar-refractivity contribution in [3.63, 3.8) is 0 Å². The molecule has 0 saturated carbocycles. The van der Waals surface area contributed by atoms with Gasteiger partial charge in [0, 0.05) is 22.6 Å². The monoisotopic (exact) mass is 713 g/mol. The van der Waals surface area contributed by atoms with Crippen LogP contribution in [-0.2, 0) is 46.9 Å². The van der Waals surface area contributed by atoms with E-state index >= 15 is 4.39 Å². The number of methoxy groups -OCH3 is 1. The van der Waals surface area contributed by atoms with Gasteiger partial charge in [0.2, 0.25) is 5.67 Å². The third-order valence-electron chi connectivity index (χ3n) is 8.04. The summed E-state index contributed by atoms with van der Waals surface area (Å²) in [5.74, 6) is -7.97. The molecular formula is C36H28ClF4NO8. The number of alkyl halides is 4. The number of carboxylic acids is 1. The molecule has 0 saturated heterocycles. The molecule has 3 atom stereocenters. The van der Waals surface area contributed by atoms with Crippen LogP contribution >= 0.6 is 11.6 Å². The smallest absolute Gasteiger partial charge is 0.416 e. The number of aliphatic carboxylic acids is 1. The highest BCUT2D eigenvalue weighted by atomic mass is 35.5. The Hall–Kier alpha value is -5.43. The average Bonchev–Trinajstić information content (AvgIpc) is 3.31. The molecule has 1 aliphatic heterocycles. The number of fused-ring (bicyclic) bond motifs is 1. The molecule has 0 radical (unpaired) electrons. The normalized spacial score (nSPS) is 16.7. The van der Waals surface area contributed by atoms with Crippen LogP contribution in [0.2, 0.25) is 5.02 Å². The van der Waals surface area contributed by atoms with E-state index in [2.05, 4.69) is 0 Å². The number of carbonyl (C=O) groups excluding carboxylic acids is 3. The van der Waals surface area contributed by atoms with Gasteiger partial charge in [-0.1, -0.05) is 78.3 Å². The minimum Gasteiger partial charge on any atom is -0.496 e. The number of carboxylic acid groups (broad SMARTS) is 1. The number of rotatable bonds is 12. The summed E-state index contributed by atoms with van der Waals surface area (Å²) in [4.78, 5) is 52.7. The molecule has 0 spiro atoms. The second-order valence-corrected chi connectivity index (χ2v) is 11.7. The van der Waals surface area contributed by atoms with Crippen LogP contribution in [0, 0.1) is 5.92 Å². The van der Waals surface area contributed by atoms with Crippen molar-refractivity contribution in [2.75, 3.05) is 18.7 Å². The fraction of sp³-hybridized carbons (Fsp3) is 0.222. The highest BCUT2D eigenvalue weighted by Gasteiger charge is 2.56. The minimum absolute atomic E-state index is 0.0138. The molecule has 50 heavy (non-hydrogen) atoms. The predicted octanol–water partition coefficient (Wildman–Crippen LogP) is 7.05. The van der Waals surface area contributed by atoms with E-state index in [0.717, 1.165) is 17.7 Å². The number of carbonyl (C=O) groups is 4. The van der Waals surface area contributed by atoms with Gasteiger partial charge >= 0.3 is 24.1 Å². The van der Waals surface area contributed by atoms with E-state index in [1.54, 1.807) is 60.7 Å². The zero-order valence-corrected chi connectivity index (χ0v) is 26.9. The Morgan fingerprint density at radius 2 is 1.56 bits per heavy atom. The van der Waals surface area contributed by atoms with E-state index < -0.39 is 83.2 Å². The van der Waals surface area contributed by atoms with E-state index in [0.29, 0.717) is 22.6 Å². The van der Waals surface area contributed by atoms with Crippen molar-refractivity contribution in [2.24, 2.45) is 5.92 Å². The third-order valence-corrected chi connectivity index (χ3v) is 8.27. The number of esters is 2. The summed E-state index contributed by atoms with van der Waals surface area (Å²) in [6, 6.07) is 22.9. The fourth-order valence-corrected chi connectivity index (χ4v) is 5.76. The predicted molar refractivity (Wildman–Crippen MR) is 171 cm³/mol. The summed E-state index contributed by atoms with van der Waals surface area (Å²) in [5.41, 5.74) is -4.62. The number of nitrogens with zero attached hydrogens (tertiary/aromatic N) is 1.